The molecular formula is C13H26N4O3. The summed E-state index contributed by atoms with van der Waals surface area (Å²) >= 11 is 0. The van der Waals surface area contributed by atoms with Crippen molar-refractivity contribution < 1.29 is 14.4 Å². The summed E-state index contributed by atoms with van der Waals surface area (Å²) in [5, 5.41) is 5.81. The van der Waals surface area contributed by atoms with Gasteiger partial charge in [-0.2, -0.15) is 0 Å². The number of hydrogen-bond donors (Lipinski definition) is 4. The van der Waals surface area contributed by atoms with Gasteiger partial charge in [0.2, 0.25) is 11.8 Å². The number of primary amides is 1. The van der Waals surface area contributed by atoms with Gasteiger partial charge in [-0.25, -0.2) is 0 Å². The molecule has 0 aliphatic heterocycles. The van der Waals surface area contributed by atoms with E-state index in [-0.39, 0.29) is 18.4 Å². The van der Waals surface area contributed by atoms with Gasteiger partial charge in [0, 0.05) is 19.4 Å². The molecule has 0 spiro atoms. The van der Waals surface area contributed by atoms with Crippen molar-refractivity contribution in [1.29, 1.82) is 0 Å². The highest BCUT2D eigenvalue weighted by atomic mass is 16.2. The summed E-state index contributed by atoms with van der Waals surface area (Å²) in [6.07, 6.45) is 4.20. The number of nitrogens with two attached hydrogens (primary N) is 2. The summed E-state index contributed by atoms with van der Waals surface area (Å²) in [6, 6.07) is -0.346. The van der Waals surface area contributed by atoms with E-state index in [1.165, 1.54) is 0 Å². The number of rotatable bonds is 13. The monoisotopic (exact) mass is 286 g/mol. The topological polar surface area (TPSA) is 127 Å². The van der Waals surface area contributed by atoms with E-state index in [2.05, 4.69) is 10.6 Å². The zero-order valence-corrected chi connectivity index (χ0v) is 11.9. The third-order valence-electron chi connectivity index (χ3n) is 2.81. The fourth-order valence-electron chi connectivity index (χ4n) is 1.63. The Labute approximate surface area is 119 Å². The number of carbonyl (C=O) groups is 3. The van der Waals surface area contributed by atoms with Crippen LogP contribution >= 0.6 is 0 Å². The first-order valence-electron chi connectivity index (χ1n) is 7.04. The second-order valence-corrected chi connectivity index (χ2v) is 4.65. The van der Waals surface area contributed by atoms with Crippen molar-refractivity contribution in [1.82, 2.24) is 10.6 Å². The molecule has 0 rings (SSSR count). The normalized spacial score (nSPS) is 11.8. The van der Waals surface area contributed by atoms with Gasteiger partial charge in [0.1, 0.15) is 6.29 Å². The molecule has 7 nitrogen and oxygen atoms in total. The Kier molecular flexibility index (Phi) is 11.6. The summed E-state index contributed by atoms with van der Waals surface area (Å²) in [5.41, 5.74) is 10.3. The maximum Gasteiger partial charge on any atom is 0.219 e. The first kappa shape index (κ1) is 18.5. The number of nitrogens with one attached hydrogen (secondary N) is 2. The molecule has 0 aromatic heterocycles. The highest BCUT2D eigenvalue weighted by Crippen LogP contribution is 1.97. The molecular weight excluding hydrogens is 260 g/mol. The molecule has 0 radical (unpaired) electrons. The largest absolute Gasteiger partial charge is 0.370 e. The predicted octanol–water partition coefficient (Wildman–Crippen LogP) is -0.956. The van der Waals surface area contributed by atoms with E-state index in [1.807, 2.05) is 0 Å². The van der Waals surface area contributed by atoms with Crippen LogP contribution in [-0.4, -0.2) is 43.8 Å². The highest BCUT2D eigenvalue weighted by Gasteiger charge is 2.08. The van der Waals surface area contributed by atoms with Crippen LogP contribution in [0.5, 0.6) is 0 Å². The number of unbranched alkanes of at least 4 members (excludes halogenated alkanes) is 1. The second-order valence-electron chi connectivity index (χ2n) is 4.65. The summed E-state index contributed by atoms with van der Waals surface area (Å²) < 4.78 is 0. The first-order chi connectivity index (χ1) is 9.60. The van der Waals surface area contributed by atoms with E-state index in [1.54, 1.807) is 0 Å². The zero-order valence-electron chi connectivity index (χ0n) is 11.9. The van der Waals surface area contributed by atoms with Gasteiger partial charge in [-0.05, 0) is 38.8 Å². The Morgan fingerprint density at radius 1 is 1.10 bits per heavy atom. The van der Waals surface area contributed by atoms with Gasteiger partial charge < -0.3 is 26.9 Å². The van der Waals surface area contributed by atoms with Crippen LogP contribution in [0.15, 0.2) is 0 Å². The maximum atomic E-state index is 11.4. The van der Waals surface area contributed by atoms with E-state index in [9.17, 15) is 14.4 Å². The minimum Gasteiger partial charge on any atom is -0.370 e. The summed E-state index contributed by atoms with van der Waals surface area (Å²) in [5.74, 6) is -0.382. The smallest absolute Gasteiger partial charge is 0.219 e. The lowest BCUT2D eigenvalue weighted by molar-refractivity contribution is -0.121. The molecule has 1 unspecified atom stereocenters. The van der Waals surface area contributed by atoms with Crippen LogP contribution in [0.4, 0.5) is 0 Å². The number of carbonyl (C=O) groups excluding carboxylic acids is 3. The Bertz CT molecular complexity index is 297. The molecule has 6 N–H and O–H groups in total. The molecule has 0 saturated carbocycles. The van der Waals surface area contributed by atoms with Crippen LogP contribution in [0, 0.1) is 0 Å². The van der Waals surface area contributed by atoms with Crippen molar-refractivity contribution in [2.24, 2.45) is 11.5 Å². The summed E-state index contributed by atoms with van der Waals surface area (Å²) in [6.45, 7) is 1.83. The van der Waals surface area contributed by atoms with Crippen LogP contribution in [0.25, 0.3) is 0 Å². The Balaban J connectivity index is 3.51. The molecule has 116 valence electrons. The SMILES string of the molecule is NCCCNC(=O)CCCCNC(C=O)CCC(N)=O. The van der Waals surface area contributed by atoms with Gasteiger partial charge in [0.15, 0.2) is 0 Å². The quantitative estimate of drug-likeness (QED) is 0.256. The van der Waals surface area contributed by atoms with Crippen LogP contribution < -0.4 is 22.1 Å². The molecule has 0 aliphatic rings. The Hall–Kier alpha value is -1.47. The lowest BCUT2D eigenvalue weighted by atomic mass is 10.1. The van der Waals surface area contributed by atoms with Gasteiger partial charge >= 0.3 is 0 Å². The third-order valence-corrected chi connectivity index (χ3v) is 2.81. The molecule has 0 bridgehead atoms. The van der Waals surface area contributed by atoms with Crippen molar-refractivity contribution in [2.75, 3.05) is 19.6 Å². The van der Waals surface area contributed by atoms with Crippen molar-refractivity contribution in [3.8, 4) is 0 Å². The summed E-state index contributed by atoms with van der Waals surface area (Å²) in [4.78, 5) is 32.7. The highest BCUT2D eigenvalue weighted by molar-refractivity contribution is 5.75. The van der Waals surface area contributed by atoms with Crippen molar-refractivity contribution in [3.63, 3.8) is 0 Å². The van der Waals surface area contributed by atoms with Crippen LogP contribution in [0.1, 0.15) is 38.5 Å². The zero-order chi connectivity index (χ0) is 15.2. The van der Waals surface area contributed by atoms with Gasteiger partial charge in [-0.15, -0.1) is 0 Å². The first-order valence-corrected chi connectivity index (χ1v) is 7.04. The van der Waals surface area contributed by atoms with Gasteiger partial charge in [0.25, 0.3) is 0 Å². The van der Waals surface area contributed by atoms with Crippen molar-refractivity contribution in [3.05, 3.63) is 0 Å². The Morgan fingerprint density at radius 3 is 2.45 bits per heavy atom. The molecule has 0 fully saturated rings. The molecule has 0 saturated heterocycles. The van der Waals surface area contributed by atoms with Gasteiger partial charge in [-0.3, -0.25) is 9.59 Å². The van der Waals surface area contributed by atoms with Crippen LogP contribution in [0.2, 0.25) is 0 Å². The van der Waals surface area contributed by atoms with Crippen LogP contribution in [-0.2, 0) is 14.4 Å². The number of hydrogen-bond acceptors (Lipinski definition) is 5. The van der Waals surface area contributed by atoms with Crippen molar-refractivity contribution >= 4 is 18.1 Å². The fraction of sp³-hybridized carbons (Fsp3) is 0.769. The molecule has 0 aliphatic carbocycles. The van der Waals surface area contributed by atoms with Gasteiger partial charge in [0.05, 0.1) is 6.04 Å². The molecule has 0 heterocycles. The minimum atomic E-state index is -0.409. The minimum absolute atomic E-state index is 0.0270. The average molecular weight is 286 g/mol. The molecule has 20 heavy (non-hydrogen) atoms. The van der Waals surface area contributed by atoms with Crippen LogP contribution in [0.3, 0.4) is 0 Å². The second kappa shape index (κ2) is 12.6. The summed E-state index contributed by atoms with van der Waals surface area (Å²) in [7, 11) is 0. The lowest BCUT2D eigenvalue weighted by Crippen LogP contribution is -2.32. The van der Waals surface area contributed by atoms with E-state index in [4.69, 9.17) is 11.5 Å². The fourth-order valence-corrected chi connectivity index (χ4v) is 1.63. The maximum absolute atomic E-state index is 11.4. The number of amides is 2. The van der Waals surface area contributed by atoms with E-state index >= 15 is 0 Å². The van der Waals surface area contributed by atoms with E-state index in [0.717, 1.165) is 25.5 Å². The predicted molar refractivity (Wildman–Crippen MR) is 76.8 cm³/mol. The number of aldehydes is 1. The lowest BCUT2D eigenvalue weighted by Gasteiger charge is -2.11. The van der Waals surface area contributed by atoms with Gasteiger partial charge in [-0.1, -0.05) is 0 Å². The molecule has 0 aromatic rings. The van der Waals surface area contributed by atoms with E-state index < -0.39 is 5.91 Å². The van der Waals surface area contributed by atoms with Crippen molar-refractivity contribution in [2.45, 2.75) is 44.6 Å². The third kappa shape index (κ3) is 11.6. The standard InChI is InChI=1S/C13H26N4O3/c14-7-3-9-17-13(20)4-1-2-8-16-11(10-18)5-6-12(15)19/h10-11,16H,1-9,14H2,(H2,15,19)(H,17,20). The molecule has 1 atom stereocenters. The molecule has 2 amide bonds. The molecule has 0 aromatic carbocycles. The van der Waals surface area contributed by atoms with E-state index in [0.29, 0.717) is 32.5 Å². The Morgan fingerprint density at radius 2 is 1.85 bits per heavy atom. The molecule has 7 heteroatoms. The average Bonchev–Trinajstić information content (AvgIpc) is 2.42.